The van der Waals surface area contributed by atoms with Crippen LogP contribution in [0.1, 0.15) is 18.7 Å². The van der Waals surface area contributed by atoms with Crippen LogP contribution in [0, 0.1) is 5.41 Å². The number of likely N-dealkylation sites (tertiary alicyclic amines) is 1. The number of anilines is 1. The highest BCUT2D eigenvalue weighted by Gasteiger charge is 2.37. The molecule has 0 spiro atoms. The van der Waals surface area contributed by atoms with Crippen molar-refractivity contribution in [3.8, 4) is 0 Å². The molecular weight excluding hydrogens is 210 g/mol. The number of thiazole rings is 1. The van der Waals surface area contributed by atoms with Gasteiger partial charge in [-0.3, -0.25) is 4.90 Å². The average Bonchev–Trinajstić information content (AvgIpc) is 2.59. The Labute approximate surface area is 93.7 Å². The minimum atomic E-state index is -0.234. The standard InChI is InChI=1S/C10H17N3OS/c1-10(2)6-13(5-8(10)14)4-7-3-12-9(11)15-7/h3,8,14H,4-6H2,1-2H3,(H2,11,12). The van der Waals surface area contributed by atoms with E-state index in [1.54, 1.807) is 0 Å². The summed E-state index contributed by atoms with van der Waals surface area (Å²) in [5, 5.41) is 10.4. The van der Waals surface area contributed by atoms with Crippen molar-refractivity contribution in [3.05, 3.63) is 11.1 Å². The molecule has 0 aliphatic carbocycles. The topological polar surface area (TPSA) is 62.4 Å². The Bertz CT molecular complexity index is 350. The van der Waals surface area contributed by atoms with E-state index in [4.69, 9.17) is 5.73 Å². The van der Waals surface area contributed by atoms with E-state index in [2.05, 4.69) is 23.7 Å². The molecule has 1 atom stereocenters. The minimum absolute atomic E-state index is 0.00374. The number of hydrogen-bond acceptors (Lipinski definition) is 5. The Morgan fingerprint density at radius 1 is 1.73 bits per heavy atom. The van der Waals surface area contributed by atoms with Gasteiger partial charge in [0.05, 0.1) is 6.10 Å². The molecule has 5 heteroatoms. The fourth-order valence-corrected chi connectivity index (χ4v) is 2.70. The van der Waals surface area contributed by atoms with Crippen LogP contribution in [0.4, 0.5) is 5.13 Å². The molecule has 15 heavy (non-hydrogen) atoms. The first-order valence-electron chi connectivity index (χ1n) is 5.08. The molecule has 1 unspecified atom stereocenters. The first kappa shape index (κ1) is 10.9. The number of nitrogens with zero attached hydrogens (tertiary/aromatic N) is 2. The number of aliphatic hydroxyl groups is 1. The van der Waals surface area contributed by atoms with Crippen LogP contribution in [0.15, 0.2) is 6.20 Å². The fraction of sp³-hybridized carbons (Fsp3) is 0.700. The second-order valence-electron chi connectivity index (χ2n) is 4.84. The average molecular weight is 227 g/mol. The van der Waals surface area contributed by atoms with Crippen molar-refractivity contribution < 1.29 is 5.11 Å². The first-order chi connectivity index (χ1) is 6.97. The smallest absolute Gasteiger partial charge is 0.180 e. The van der Waals surface area contributed by atoms with Crippen molar-refractivity contribution >= 4 is 16.5 Å². The molecule has 1 fully saturated rings. The summed E-state index contributed by atoms with van der Waals surface area (Å²) < 4.78 is 0. The van der Waals surface area contributed by atoms with Crippen LogP contribution in [0.25, 0.3) is 0 Å². The summed E-state index contributed by atoms with van der Waals surface area (Å²) in [5.41, 5.74) is 5.57. The van der Waals surface area contributed by atoms with Crippen LogP contribution in [-0.2, 0) is 6.54 Å². The maximum atomic E-state index is 9.83. The number of aromatic nitrogens is 1. The quantitative estimate of drug-likeness (QED) is 0.789. The van der Waals surface area contributed by atoms with Gasteiger partial charge < -0.3 is 10.8 Å². The van der Waals surface area contributed by atoms with Crippen molar-refractivity contribution in [3.63, 3.8) is 0 Å². The zero-order chi connectivity index (χ0) is 11.1. The number of β-amino-alcohol motifs (C(OH)–C–C–N with tert-alkyl or cyclic N) is 1. The third-order valence-electron chi connectivity index (χ3n) is 2.92. The van der Waals surface area contributed by atoms with Crippen LogP contribution < -0.4 is 5.73 Å². The molecule has 0 saturated carbocycles. The zero-order valence-electron chi connectivity index (χ0n) is 9.10. The lowest BCUT2D eigenvalue weighted by Crippen LogP contribution is -2.26. The summed E-state index contributed by atoms with van der Waals surface area (Å²) >= 11 is 1.52. The Morgan fingerprint density at radius 3 is 2.93 bits per heavy atom. The summed E-state index contributed by atoms with van der Waals surface area (Å²) in [5.74, 6) is 0. The van der Waals surface area contributed by atoms with Gasteiger partial charge in [0.25, 0.3) is 0 Å². The van der Waals surface area contributed by atoms with E-state index < -0.39 is 0 Å². The number of aliphatic hydroxyl groups excluding tert-OH is 1. The molecule has 1 aliphatic rings. The molecule has 1 aromatic rings. The summed E-state index contributed by atoms with van der Waals surface area (Å²) in [6, 6.07) is 0. The molecule has 4 nitrogen and oxygen atoms in total. The van der Waals surface area contributed by atoms with E-state index in [1.807, 2.05) is 6.20 Å². The van der Waals surface area contributed by atoms with Gasteiger partial charge in [-0.2, -0.15) is 0 Å². The van der Waals surface area contributed by atoms with E-state index in [9.17, 15) is 5.11 Å². The first-order valence-corrected chi connectivity index (χ1v) is 5.89. The lowest BCUT2D eigenvalue weighted by atomic mass is 9.90. The third kappa shape index (κ3) is 2.30. The lowest BCUT2D eigenvalue weighted by molar-refractivity contribution is 0.0955. The Morgan fingerprint density at radius 2 is 2.47 bits per heavy atom. The van der Waals surface area contributed by atoms with E-state index in [1.165, 1.54) is 11.3 Å². The van der Waals surface area contributed by atoms with E-state index in [0.29, 0.717) is 5.13 Å². The Balaban J connectivity index is 1.98. The molecule has 2 heterocycles. The molecule has 1 saturated heterocycles. The van der Waals surface area contributed by atoms with Crippen molar-refractivity contribution in [1.29, 1.82) is 0 Å². The molecule has 0 amide bonds. The number of hydrogen-bond donors (Lipinski definition) is 2. The zero-order valence-corrected chi connectivity index (χ0v) is 9.92. The second-order valence-corrected chi connectivity index (χ2v) is 5.99. The molecule has 0 radical (unpaired) electrons. The van der Waals surface area contributed by atoms with Gasteiger partial charge in [0.2, 0.25) is 0 Å². The maximum absolute atomic E-state index is 9.83. The van der Waals surface area contributed by atoms with E-state index >= 15 is 0 Å². The predicted molar refractivity (Wildman–Crippen MR) is 61.6 cm³/mol. The van der Waals surface area contributed by atoms with Crippen molar-refractivity contribution in [1.82, 2.24) is 9.88 Å². The molecular formula is C10H17N3OS. The van der Waals surface area contributed by atoms with Crippen molar-refractivity contribution in [2.75, 3.05) is 18.8 Å². The fourth-order valence-electron chi connectivity index (χ4n) is 1.97. The normalized spacial score (nSPS) is 25.9. The molecule has 84 valence electrons. The van der Waals surface area contributed by atoms with E-state index in [-0.39, 0.29) is 11.5 Å². The number of nitrogens with two attached hydrogens (primary N) is 1. The highest BCUT2D eigenvalue weighted by Crippen LogP contribution is 2.31. The second kappa shape index (κ2) is 3.73. The summed E-state index contributed by atoms with van der Waals surface area (Å²) in [6.07, 6.45) is 1.58. The summed E-state index contributed by atoms with van der Waals surface area (Å²) in [6.45, 7) is 6.70. The SMILES string of the molecule is CC1(C)CN(Cc2cnc(N)s2)CC1O. The van der Waals surface area contributed by atoms with Gasteiger partial charge in [0.15, 0.2) is 5.13 Å². The van der Waals surface area contributed by atoms with Crippen molar-refractivity contribution in [2.24, 2.45) is 5.41 Å². The van der Waals surface area contributed by atoms with Crippen molar-refractivity contribution in [2.45, 2.75) is 26.5 Å². The van der Waals surface area contributed by atoms with Gasteiger partial charge in [-0.25, -0.2) is 4.98 Å². The lowest BCUT2D eigenvalue weighted by Gasteiger charge is -2.20. The highest BCUT2D eigenvalue weighted by molar-refractivity contribution is 7.15. The van der Waals surface area contributed by atoms with Crippen LogP contribution in [0.2, 0.25) is 0 Å². The summed E-state index contributed by atoms with van der Waals surface area (Å²) in [7, 11) is 0. The Kier molecular flexibility index (Phi) is 2.70. The predicted octanol–water partition coefficient (Wildman–Crippen LogP) is 0.928. The van der Waals surface area contributed by atoms with Gasteiger partial charge in [0, 0.05) is 36.1 Å². The van der Waals surface area contributed by atoms with Gasteiger partial charge in [-0.15, -0.1) is 11.3 Å². The molecule has 0 aromatic carbocycles. The number of nitrogen functional groups attached to an aromatic ring is 1. The molecule has 1 aromatic heterocycles. The maximum Gasteiger partial charge on any atom is 0.180 e. The van der Waals surface area contributed by atoms with Crippen LogP contribution in [0.3, 0.4) is 0 Å². The third-order valence-corrected chi connectivity index (χ3v) is 3.73. The summed E-state index contributed by atoms with van der Waals surface area (Å²) in [4.78, 5) is 7.43. The van der Waals surface area contributed by atoms with Crippen LogP contribution >= 0.6 is 11.3 Å². The van der Waals surface area contributed by atoms with Crippen LogP contribution in [0.5, 0.6) is 0 Å². The molecule has 1 aliphatic heterocycles. The highest BCUT2D eigenvalue weighted by atomic mass is 32.1. The van der Waals surface area contributed by atoms with Crippen LogP contribution in [-0.4, -0.2) is 34.2 Å². The Hall–Kier alpha value is -0.650. The monoisotopic (exact) mass is 227 g/mol. The van der Waals surface area contributed by atoms with Gasteiger partial charge in [0.1, 0.15) is 0 Å². The van der Waals surface area contributed by atoms with Gasteiger partial charge in [-0.1, -0.05) is 13.8 Å². The number of rotatable bonds is 2. The van der Waals surface area contributed by atoms with Gasteiger partial charge >= 0.3 is 0 Å². The van der Waals surface area contributed by atoms with E-state index in [0.717, 1.165) is 24.5 Å². The largest absolute Gasteiger partial charge is 0.391 e. The molecule has 2 rings (SSSR count). The molecule has 3 N–H and O–H groups in total. The minimum Gasteiger partial charge on any atom is -0.391 e. The van der Waals surface area contributed by atoms with Gasteiger partial charge in [-0.05, 0) is 0 Å². The molecule has 0 bridgehead atoms.